The highest BCUT2D eigenvalue weighted by Crippen LogP contribution is 2.21. The van der Waals surface area contributed by atoms with Crippen LogP contribution in [0.5, 0.6) is 5.75 Å². The monoisotopic (exact) mass is 312 g/mol. The smallest absolute Gasteiger partial charge is 0.310 e. The van der Waals surface area contributed by atoms with Crippen LogP contribution in [-0.2, 0) is 22.6 Å². The van der Waals surface area contributed by atoms with Gasteiger partial charge in [-0.1, -0.05) is 48.5 Å². The van der Waals surface area contributed by atoms with Crippen LogP contribution < -0.4 is 4.74 Å². The average molecular weight is 312 g/mol. The molecule has 2 aromatic rings. The number of aliphatic carboxylic acids is 1. The lowest BCUT2D eigenvalue weighted by atomic mass is 10.0. The molecule has 0 fully saturated rings. The van der Waals surface area contributed by atoms with E-state index in [9.17, 15) is 9.59 Å². The molecule has 2 aromatic carbocycles. The summed E-state index contributed by atoms with van der Waals surface area (Å²) in [5, 5.41) is 8.58. The first-order valence-electron chi connectivity index (χ1n) is 7.63. The molecule has 0 aliphatic heterocycles. The molecule has 0 amide bonds. The highest BCUT2D eigenvalue weighted by atomic mass is 16.5. The van der Waals surface area contributed by atoms with Crippen LogP contribution in [0.15, 0.2) is 54.6 Å². The van der Waals surface area contributed by atoms with Crippen molar-refractivity contribution in [3.8, 4) is 5.75 Å². The maximum atomic E-state index is 11.4. The summed E-state index contributed by atoms with van der Waals surface area (Å²) in [6.07, 6.45) is 1.19. The Balaban J connectivity index is 1.87. The van der Waals surface area contributed by atoms with Gasteiger partial charge >= 0.3 is 5.97 Å². The fourth-order valence-electron chi connectivity index (χ4n) is 2.32. The fraction of sp³-hybridized carbons (Fsp3) is 0.263. The van der Waals surface area contributed by atoms with Gasteiger partial charge in [-0.2, -0.15) is 0 Å². The Kier molecular flexibility index (Phi) is 6.36. The number of para-hydroxylation sites is 1. The van der Waals surface area contributed by atoms with Gasteiger partial charge in [0.25, 0.3) is 0 Å². The van der Waals surface area contributed by atoms with E-state index in [-0.39, 0.29) is 12.2 Å². The van der Waals surface area contributed by atoms with Crippen LogP contribution in [0.2, 0.25) is 0 Å². The molecule has 0 atom stereocenters. The van der Waals surface area contributed by atoms with Crippen molar-refractivity contribution in [3.63, 3.8) is 0 Å². The molecule has 0 saturated heterocycles. The van der Waals surface area contributed by atoms with Crippen LogP contribution in [0.3, 0.4) is 0 Å². The first-order chi connectivity index (χ1) is 11.1. The van der Waals surface area contributed by atoms with Crippen molar-refractivity contribution in [2.75, 3.05) is 0 Å². The van der Waals surface area contributed by atoms with Gasteiger partial charge in [0.2, 0.25) is 0 Å². The van der Waals surface area contributed by atoms with Gasteiger partial charge in [0.15, 0.2) is 0 Å². The highest BCUT2D eigenvalue weighted by Gasteiger charge is 2.09. The second kappa shape index (κ2) is 8.73. The van der Waals surface area contributed by atoms with Crippen molar-refractivity contribution < 1.29 is 19.4 Å². The van der Waals surface area contributed by atoms with E-state index >= 15 is 0 Å². The summed E-state index contributed by atoms with van der Waals surface area (Å²) in [6.45, 7) is 0.496. The highest BCUT2D eigenvalue weighted by molar-refractivity contribution is 5.94. The van der Waals surface area contributed by atoms with Gasteiger partial charge < -0.3 is 9.84 Å². The molecule has 0 saturated carbocycles. The molecule has 0 radical (unpaired) electrons. The van der Waals surface area contributed by atoms with Gasteiger partial charge in [0.05, 0.1) is 0 Å². The summed E-state index contributed by atoms with van der Waals surface area (Å²) in [7, 11) is 0. The van der Waals surface area contributed by atoms with E-state index < -0.39 is 12.4 Å². The predicted octanol–water partition coefficient (Wildman–Crippen LogP) is 3.63. The van der Waals surface area contributed by atoms with Gasteiger partial charge in [0, 0.05) is 6.42 Å². The molecule has 0 spiro atoms. The summed E-state index contributed by atoms with van der Waals surface area (Å²) < 4.78 is 5.87. The molecule has 0 bridgehead atoms. The molecule has 0 aromatic heterocycles. The van der Waals surface area contributed by atoms with E-state index in [0.29, 0.717) is 19.4 Å². The Morgan fingerprint density at radius 2 is 1.65 bits per heavy atom. The lowest BCUT2D eigenvalue weighted by molar-refractivity contribution is -0.140. The van der Waals surface area contributed by atoms with E-state index in [2.05, 4.69) is 0 Å². The minimum Gasteiger partial charge on any atom is -0.489 e. The third kappa shape index (κ3) is 5.94. The molecule has 0 heterocycles. The van der Waals surface area contributed by atoms with Gasteiger partial charge in [-0.15, -0.1) is 0 Å². The number of carbonyl (C=O) groups is 2. The molecule has 1 N–H and O–H groups in total. The zero-order valence-electron chi connectivity index (χ0n) is 12.9. The molecular weight excluding hydrogens is 292 g/mol. The number of aryl methyl sites for hydroxylation is 1. The van der Waals surface area contributed by atoms with Crippen molar-refractivity contribution in [2.24, 2.45) is 0 Å². The van der Waals surface area contributed by atoms with Crippen molar-refractivity contribution in [1.29, 1.82) is 0 Å². The van der Waals surface area contributed by atoms with Crippen LogP contribution in [0.25, 0.3) is 0 Å². The predicted molar refractivity (Wildman–Crippen MR) is 87.4 cm³/mol. The molecule has 4 heteroatoms. The SMILES string of the molecule is O=C(O)CC(=O)CCCc1ccccc1OCc1ccccc1. The van der Waals surface area contributed by atoms with Gasteiger partial charge in [-0.05, 0) is 30.0 Å². The molecule has 0 unspecified atom stereocenters. The van der Waals surface area contributed by atoms with E-state index in [0.717, 1.165) is 16.9 Å². The zero-order chi connectivity index (χ0) is 16.5. The number of hydrogen-bond donors (Lipinski definition) is 1. The number of carboxylic acids is 1. The first kappa shape index (κ1) is 16.7. The lowest BCUT2D eigenvalue weighted by Gasteiger charge is -2.11. The summed E-state index contributed by atoms with van der Waals surface area (Å²) in [6, 6.07) is 17.7. The Hall–Kier alpha value is -2.62. The number of hydrogen-bond acceptors (Lipinski definition) is 3. The summed E-state index contributed by atoms with van der Waals surface area (Å²) in [5.74, 6) is -0.496. The van der Waals surface area contributed by atoms with Crippen LogP contribution in [0.1, 0.15) is 30.4 Å². The van der Waals surface area contributed by atoms with Crippen LogP contribution in [0, 0.1) is 0 Å². The van der Waals surface area contributed by atoms with Crippen molar-refractivity contribution in [3.05, 3.63) is 65.7 Å². The number of Topliss-reactive ketones (excluding diaryl/α,β-unsaturated/α-hetero) is 1. The first-order valence-corrected chi connectivity index (χ1v) is 7.63. The number of carbonyl (C=O) groups excluding carboxylic acids is 1. The van der Waals surface area contributed by atoms with Crippen LogP contribution in [-0.4, -0.2) is 16.9 Å². The van der Waals surface area contributed by atoms with Gasteiger partial charge in [0.1, 0.15) is 24.6 Å². The largest absolute Gasteiger partial charge is 0.489 e. The minimum atomic E-state index is -1.07. The zero-order valence-corrected chi connectivity index (χ0v) is 12.9. The van der Waals surface area contributed by atoms with E-state index in [1.54, 1.807) is 0 Å². The number of rotatable bonds is 9. The van der Waals surface area contributed by atoms with Crippen LogP contribution in [0.4, 0.5) is 0 Å². The van der Waals surface area contributed by atoms with E-state index in [1.807, 2.05) is 54.6 Å². The van der Waals surface area contributed by atoms with Crippen molar-refractivity contribution >= 4 is 11.8 Å². The van der Waals surface area contributed by atoms with Gasteiger partial charge in [-0.3, -0.25) is 9.59 Å². The molecule has 0 aliphatic rings. The van der Waals surface area contributed by atoms with E-state index in [4.69, 9.17) is 9.84 Å². The Bertz CT molecular complexity index is 649. The third-order valence-electron chi connectivity index (χ3n) is 3.46. The fourth-order valence-corrected chi connectivity index (χ4v) is 2.32. The molecule has 0 aliphatic carbocycles. The number of benzene rings is 2. The Morgan fingerprint density at radius 3 is 2.39 bits per heavy atom. The van der Waals surface area contributed by atoms with Crippen molar-refractivity contribution in [2.45, 2.75) is 32.3 Å². The molecule has 120 valence electrons. The Labute approximate surface area is 135 Å². The summed E-state index contributed by atoms with van der Waals surface area (Å²) >= 11 is 0. The number of ketones is 1. The standard InChI is InChI=1S/C19H20O4/c20-17(13-19(21)22)11-6-10-16-9-4-5-12-18(16)23-14-15-7-2-1-3-8-15/h1-5,7-9,12H,6,10-11,13-14H2,(H,21,22). The molecular formula is C19H20O4. The van der Waals surface area contributed by atoms with Crippen LogP contribution >= 0.6 is 0 Å². The summed E-state index contributed by atoms with van der Waals surface area (Å²) in [4.78, 5) is 21.9. The second-order valence-corrected chi connectivity index (χ2v) is 5.34. The molecule has 2 rings (SSSR count). The maximum Gasteiger partial charge on any atom is 0.310 e. The number of ether oxygens (including phenoxy) is 1. The van der Waals surface area contributed by atoms with Crippen molar-refractivity contribution in [1.82, 2.24) is 0 Å². The normalized spacial score (nSPS) is 10.3. The van der Waals surface area contributed by atoms with E-state index in [1.165, 1.54) is 0 Å². The number of carboxylic acid groups (broad SMARTS) is 1. The lowest BCUT2D eigenvalue weighted by Crippen LogP contribution is -2.07. The van der Waals surface area contributed by atoms with Gasteiger partial charge in [-0.25, -0.2) is 0 Å². The molecule has 23 heavy (non-hydrogen) atoms. The average Bonchev–Trinajstić information content (AvgIpc) is 2.54. The maximum absolute atomic E-state index is 11.4. The minimum absolute atomic E-state index is 0.236. The quantitative estimate of drug-likeness (QED) is 0.718. The third-order valence-corrected chi connectivity index (χ3v) is 3.46. The second-order valence-electron chi connectivity index (χ2n) is 5.34. The summed E-state index contributed by atoms with van der Waals surface area (Å²) in [5.41, 5.74) is 2.13. The molecule has 4 nitrogen and oxygen atoms in total. The Morgan fingerprint density at radius 1 is 0.957 bits per heavy atom. The topological polar surface area (TPSA) is 63.6 Å².